The van der Waals surface area contributed by atoms with Gasteiger partial charge in [0.05, 0.1) is 13.0 Å². The Bertz CT molecular complexity index is 876. The Balaban J connectivity index is 1.86. The van der Waals surface area contributed by atoms with E-state index in [4.69, 9.17) is 5.11 Å². The van der Waals surface area contributed by atoms with E-state index >= 15 is 0 Å². The summed E-state index contributed by atoms with van der Waals surface area (Å²) in [4.78, 5) is 15.5. The third-order valence-corrected chi connectivity index (χ3v) is 3.59. The van der Waals surface area contributed by atoms with Crippen molar-refractivity contribution >= 4 is 5.78 Å². The van der Waals surface area contributed by atoms with Crippen molar-refractivity contribution in [2.45, 2.75) is 13.0 Å². The Morgan fingerprint density at radius 1 is 1.20 bits per heavy atom. The molecule has 2 heterocycles. The minimum Gasteiger partial charge on any atom is -0.388 e. The van der Waals surface area contributed by atoms with Gasteiger partial charge in [0.25, 0.3) is 0 Å². The summed E-state index contributed by atoms with van der Waals surface area (Å²) in [6, 6.07) is 7.15. The molecule has 0 saturated heterocycles. The molecule has 0 fully saturated rings. The highest BCUT2D eigenvalue weighted by Gasteiger charge is 2.17. The highest BCUT2D eigenvalue weighted by molar-refractivity contribution is 5.96. The van der Waals surface area contributed by atoms with Crippen LogP contribution in [0.15, 0.2) is 36.5 Å². The predicted molar refractivity (Wildman–Crippen MR) is 81.7 cm³/mol. The number of rotatable bonds is 6. The normalized spacial score (nSPS) is 10.8. The van der Waals surface area contributed by atoms with Crippen molar-refractivity contribution in [1.29, 1.82) is 0 Å². The Morgan fingerprint density at radius 3 is 2.60 bits per heavy atom. The number of nitrogens with zero attached hydrogens (tertiary/aromatic N) is 5. The lowest BCUT2D eigenvalue weighted by molar-refractivity contribution is 0.0902. The molecule has 3 rings (SSSR count). The number of pyridine rings is 1. The lowest BCUT2D eigenvalue weighted by atomic mass is 10.1. The van der Waals surface area contributed by atoms with Gasteiger partial charge in [0, 0.05) is 23.0 Å². The van der Waals surface area contributed by atoms with Crippen LogP contribution < -0.4 is 0 Å². The van der Waals surface area contributed by atoms with Crippen molar-refractivity contribution in [2.24, 2.45) is 0 Å². The first-order valence-corrected chi connectivity index (χ1v) is 7.35. The molecule has 3 aromatic rings. The molecule has 7 nitrogen and oxygen atoms in total. The molecule has 0 bridgehead atoms. The van der Waals surface area contributed by atoms with E-state index in [2.05, 4.69) is 20.5 Å². The van der Waals surface area contributed by atoms with Gasteiger partial charge in [-0.25, -0.2) is 13.5 Å². The van der Waals surface area contributed by atoms with Crippen LogP contribution in [0.5, 0.6) is 0 Å². The second-order valence-corrected chi connectivity index (χ2v) is 5.25. The summed E-state index contributed by atoms with van der Waals surface area (Å²) in [6.45, 7) is -1.06. The zero-order valence-corrected chi connectivity index (χ0v) is 12.9. The van der Waals surface area contributed by atoms with E-state index in [-0.39, 0.29) is 17.7 Å². The van der Waals surface area contributed by atoms with Gasteiger partial charge in [0.15, 0.2) is 11.6 Å². The van der Waals surface area contributed by atoms with E-state index in [1.807, 2.05) is 6.07 Å². The number of hydrogen-bond acceptors (Lipinski definition) is 6. The number of carbonyl (C=O) groups is 1. The number of aromatic nitrogens is 5. The van der Waals surface area contributed by atoms with Gasteiger partial charge in [-0.3, -0.25) is 9.78 Å². The molecule has 0 aliphatic rings. The molecular formula is C16H13F2N5O2. The van der Waals surface area contributed by atoms with E-state index in [0.29, 0.717) is 17.9 Å². The molecule has 1 N–H and O–H groups in total. The number of hydrogen-bond donors (Lipinski definition) is 1. The van der Waals surface area contributed by atoms with Crippen LogP contribution in [-0.2, 0) is 13.0 Å². The van der Waals surface area contributed by atoms with Crippen molar-refractivity contribution in [3.05, 3.63) is 70.8 Å². The smallest absolute Gasteiger partial charge is 0.188 e. The molecule has 1 aromatic carbocycles. The Morgan fingerprint density at radius 2 is 1.96 bits per heavy atom. The third kappa shape index (κ3) is 3.72. The van der Waals surface area contributed by atoms with Crippen LogP contribution in [0.4, 0.5) is 8.78 Å². The molecule has 0 saturated carbocycles. The highest BCUT2D eigenvalue weighted by atomic mass is 19.1. The van der Waals surface area contributed by atoms with E-state index in [1.54, 1.807) is 18.3 Å². The van der Waals surface area contributed by atoms with Crippen LogP contribution in [0.2, 0.25) is 0 Å². The maximum atomic E-state index is 14.2. The van der Waals surface area contributed by atoms with Crippen molar-refractivity contribution in [1.82, 2.24) is 25.2 Å². The zero-order valence-electron chi connectivity index (χ0n) is 12.9. The van der Waals surface area contributed by atoms with Crippen LogP contribution in [0, 0.1) is 11.6 Å². The van der Waals surface area contributed by atoms with Gasteiger partial charge in [-0.2, -0.15) is 0 Å². The van der Waals surface area contributed by atoms with E-state index < -0.39 is 24.0 Å². The van der Waals surface area contributed by atoms with Gasteiger partial charge in [-0.15, -0.1) is 5.10 Å². The molecule has 0 aliphatic carbocycles. The van der Waals surface area contributed by atoms with E-state index in [1.165, 1.54) is 4.68 Å². The zero-order chi connectivity index (χ0) is 17.8. The van der Waals surface area contributed by atoms with Gasteiger partial charge in [-0.05, 0) is 34.7 Å². The van der Waals surface area contributed by atoms with Crippen molar-refractivity contribution in [2.75, 3.05) is 6.61 Å². The maximum absolute atomic E-state index is 14.2. The number of ketones is 1. The lowest BCUT2D eigenvalue weighted by Gasteiger charge is -2.09. The summed E-state index contributed by atoms with van der Waals surface area (Å²) < 4.78 is 29.6. The summed E-state index contributed by atoms with van der Waals surface area (Å²) >= 11 is 0. The summed E-state index contributed by atoms with van der Waals surface area (Å²) in [5.74, 6) is -2.18. The number of Topliss-reactive ketones (excluding diaryl/α,β-unsaturated/α-hetero) is 1. The van der Waals surface area contributed by atoms with Gasteiger partial charge in [-0.1, -0.05) is 6.07 Å². The molecule has 128 valence electrons. The lowest BCUT2D eigenvalue weighted by Crippen LogP contribution is -2.13. The minimum atomic E-state index is -0.906. The molecule has 0 atom stereocenters. The maximum Gasteiger partial charge on any atom is 0.188 e. The average Bonchev–Trinajstić information content (AvgIpc) is 3.05. The fourth-order valence-corrected chi connectivity index (χ4v) is 2.29. The number of benzene rings is 1. The van der Waals surface area contributed by atoms with Crippen molar-refractivity contribution < 1.29 is 18.7 Å². The second kappa shape index (κ2) is 7.22. The number of tetrazole rings is 1. The van der Waals surface area contributed by atoms with Crippen molar-refractivity contribution in [3.8, 4) is 0 Å². The van der Waals surface area contributed by atoms with E-state index in [0.717, 1.165) is 12.1 Å². The molecule has 2 aromatic heterocycles. The first-order valence-electron chi connectivity index (χ1n) is 7.35. The van der Waals surface area contributed by atoms with Crippen molar-refractivity contribution in [3.63, 3.8) is 0 Å². The Labute approximate surface area is 140 Å². The molecule has 0 radical (unpaired) electrons. The quantitative estimate of drug-likeness (QED) is 0.674. The average molecular weight is 345 g/mol. The molecule has 25 heavy (non-hydrogen) atoms. The molecule has 0 amide bonds. The fourth-order valence-electron chi connectivity index (χ4n) is 2.29. The van der Waals surface area contributed by atoms with Gasteiger partial charge in [0.2, 0.25) is 0 Å². The van der Waals surface area contributed by atoms with Gasteiger partial charge < -0.3 is 5.11 Å². The first kappa shape index (κ1) is 16.8. The van der Waals surface area contributed by atoms with Gasteiger partial charge in [0.1, 0.15) is 18.2 Å². The predicted octanol–water partition coefficient (Wildman–Crippen LogP) is 1.16. The highest BCUT2D eigenvalue weighted by Crippen LogP contribution is 2.18. The molecule has 0 aliphatic heterocycles. The van der Waals surface area contributed by atoms with Gasteiger partial charge >= 0.3 is 0 Å². The monoisotopic (exact) mass is 345 g/mol. The van der Waals surface area contributed by atoms with Crippen LogP contribution in [0.3, 0.4) is 0 Å². The largest absolute Gasteiger partial charge is 0.388 e. The van der Waals surface area contributed by atoms with Crippen LogP contribution >= 0.6 is 0 Å². The fraction of sp³-hybridized carbons (Fsp3) is 0.188. The topological polar surface area (TPSA) is 93.8 Å². The molecule has 0 spiro atoms. The summed E-state index contributed by atoms with van der Waals surface area (Å²) in [7, 11) is 0. The molecule has 0 unspecified atom stereocenters. The number of aliphatic hydroxyl groups is 1. The SMILES string of the molecule is O=C(CO)c1cc(F)c(Cn2nnnc2Cc2ccccn2)c(F)c1. The van der Waals surface area contributed by atoms with Crippen LogP contribution in [0.1, 0.15) is 27.4 Å². The first-order chi connectivity index (χ1) is 12.1. The third-order valence-electron chi connectivity index (χ3n) is 3.59. The van der Waals surface area contributed by atoms with E-state index in [9.17, 15) is 13.6 Å². The molecule has 9 heteroatoms. The second-order valence-electron chi connectivity index (χ2n) is 5.25. The Kier molecular flexibility index (Phi) is 4.85. The number of halogens is 2. The summed E-state index contributed by atoms with van der Waals surface area (Å²) in [5.41, 5.74) is 0.208. The summed E-state index contributed by atoms with van der Waals surface area (Å²) in [6.07, 6.45) is 1.93. The standard InChI is InChI=1S/C16H13F2N5O2/c17-13-5-10(15(25)9-24)6-14(18)12(13)8-23-16(20-21-22-23)7-11-3-1-2-4-19-11/h1-6,24H,7-9H2. The number of carbonyl (C=O) groups excluding carboxylic acids is 1. The Hall–Kier alpha value is -3.07. The summed E-state index contributed by atoms with van der Waals surface area (Å²) in [5, 5.41) is 19.9. The molecular weight excluding hydrogens is 332 g/mol. The van der Waals surface area contributed by atoms with Crippen LogP contribution in [-0.4, -0.2) is 42.7 Å². The minimum absolute atomic E-state index is 0.230. The number of aliphatic hydroxyl groups excluding tert-OH is 1. The van der Waals surface area contributed by atoms with Crippen LogP contribution in [0.25, 0.3) is 0 Å².